The third-order valence-corrected chi connectivity index (χ3v) is 3.67. The van der Waals surface area contributed by atoms with Gasteiger partial charge in [0.05, 0.1) is 31.2 Å². The minimum Gasteiger partial charge on any atom is -0.469 e. The summed E-state index contributed by atoms with van der Waals surface area (Å²) in [4.78, 5) is 34.4. The summed E-state index contributed by atoms with van der Waals surface area (Å²) in [5.41, 5.74) is -0.659. The summed E-state index contributed by atoms with van der Waals surface area (Å²) in [6.07, 6.45) is 0.520. The minimum atomic E-state index is -1.01. The Morgan fingerprint density at radius 2 is 2.21 bits per heavy atom. The lowest BCUT2D eigenvalue weighted by Crippen LogP contribution is -2.51. The summed E-state index contributed by atoms with van der Waals surface area (Å²) >= 11 is 0. The Morgan fingerprint density at radius 3 is 2.74 bits per heavy atom. The van der Waals surface area contributed by atoms with Gasteiger partial charge in [-0.15, -0.1) is 0 Å². The number of ketones is 1. The number of hydrogen-bond donors (Lipinski definition) is 0. The van der Waals surface area contributed by atoms with E-state index in [2.05, 4.69) is 11.3 Å². The van der Waals surface area contributed by atoms with Crippen LogP contribution in [0.1, 0.15) is 33.1 Å². The molecule has 0 radical (unpaired) electrons. The fourth-order valence-corrected chi connectivity index (χ4v) is 2.35. The maximum absolute atomic E-state index is 12.4. The molecule has 0 bridgehead atoms. The summed E-state index contributed by atoms with van der Waals surface area (Å²) in [6, 6.07) is 0. The molecule has 3 atom stereocenters. The van der Waals surface area contributed by atoms with Crippen LogP contribution in [0.2, 0.25) is 0 Å². The number of aldehydes is 1. The number of esters is 1. The molecule has 0 aromatic carbocycles. The fourth-order valence-electron chi connectivity index (χ4n) is 2.35. The molecule has 0 unspecified atom stereocenters. The van der Waals surface area contributed by atoms with Gasteiger partial charge >= 0.3 is 5.97 Å². The second-order valence-electron chi connectivity index (χ2n) is 5.04. The molecule has 5 heteroatoms. The largest absolute Gasteiger partial charge is 0.469 e. The molecule has 5 nitrogen and oxygen atoms in total. The number of hydrogen-bond acceptors (Lipinski definition) is 5. The smallest absolute Gasteiger partial charge is 0.306 e. The van der Waals surface area contributed by atoms with Crippen molar-refractivity contribution in [3.8, 4) is 0 Å². The third-order valence-electron chi connectivity index (χ3n) is 3.67. The lowest BCUT2D eigenvalue weighted by Gasteiger charge is -2.42. The highest BCUT2D eigenvalue weighted by Crippen LogP contribution is 2.40. The standard InChI is InChI=1S/C14H20O5/c1-9-10(2)19-11(6-5-7-15)14(3,13(9)17)8-12(16)18-4/h7,10-11H,1,5-6,8H2,2-4H3/t10-,11+,14-/m1/s1. The van der Waals surface area contributed by atoms with Crippen molar-refractivity contribution in [1.29, 1.82) is 0 Å². The zero-order valence-corrected chi connectivity index (χ0v) is 11.6. The summed E-state index contributed by atoms with van der Waals surface area (Å²) in [5.74, 6) is -0.662. The van der Waals surface area contributed by atoms with Crippen LogP contribution in [0, 0.1) is 5.41 Å². The molecule has 1 aliphatic rings. The van der Waals surface area contributed by atoms with E-state index in [0.29, 0.717) is 12.0 Å². The number of carbonyl (C=O) groups excluding carboxylic acids is 3. The summed E-state index contributed by atoms with van der Waals surface area (Å²) < 4.78 is 10.4. The van der Waals surface area contributed by atoms with Gasteiger partial charge in [0.1, 0.15) is 6.29 Å². The van der Waals surface area contributed by atoms with E-state index in [1.807, 2.05) is 0 Å². The molecule has 1 fully saturated rings. The van der Waals surface area contributed by atoms with Crippen LogP contribution in [-0.4, -0.2) is 37.4 Å². The first kappa shape index (κ1) is 15.6. The van der Waals surface area contributed by atoms with E-state index in [-0.39, 0.29) is 18.6 Å². The predicted molar refractivity (Wildman–Crippen MR) is 68.5 cm³/mol. The van der Waals surface area contributed by atoms with Crippen molar-refractivity contribution in [2.75, 3.05) is 7.11 Å². The Morgan fingerprint density at radius 1 is 1.58 bits per heavy atom. The molecule has 19 heavy (non-hydrogen) atoms. The van der Waals surface area contributed by atoms with E-state index in [0.717, 1.165) is 6.29 Å². The van der Waals surface area contributed by atoms with Gasteiger partial charge in [0.2, 0.25) is 0 Å². The summed E-state index contributed by atoms with van der Waals surface area (Å²) in [5, 5.41) is 0. The van der Waals surface area contributed by atoms with Crippen LogP contribution in [0.5, 0.6) is 0 Å². The molecule has 106 valence electrons. The van der Waals surface area contributed by atoms with E-state index in [4.69, 9.17) is 4.74 Å². The van der Waals surface area contributed by atoms with Crippen molar-refractivity contribution in [3.05, 3.63) is 12.2 Å². The zero-order chi connectivity index (χ0) is 14.6. The molecule has 1 aliphatic heterocycles. The Labute approximate surface area is 112 Å². The number of ether oxygens (including phenoxy) is 2. The quantitative estimate of drug-likeness (QED) is 0.429. The lowest BCUT2D eigenvalue weighted by molar-refractivity contribution is -0.161. The number of carbonyl (C=O) groups is 3. The maximum atomic E-state index is 12.4. The predicted octanol–water partition coefficient (Wildman–Crippen LogP) is 1.45. The first-order chi connectivity index (χ1) is 8.86. The molecule has 0 spiro atoms. The van der Waals surface area contributed by atoms with Gasteiger partial charge in [-0.3, -0.25) is 9.59 Å². The summed E-state index contributed by atoms with van der Waals surface area (Å²) in [6.45, 7) is 7.13. The second kappa shape index (κ2) is 6.10. The first-order valence-corrected chi connectivity index (χ1v) is 6.26. The monoisotopic (exact) mass is 268 g/mol. The molecule has 1 saturated heterocycles. The Bertz CT molecular complexity index is 401. The average molecular weight is 268 g/mol. The molecule has 0 aromatic rings. The van der Waals surface area contributed by atoms with Gasteiger partial charge in [-0.05, 0) is 20.3 Å². The molecule has 0 aromatic heterocycles. The topological polar surface area (TPSA) is 69.7 Å². The number of rotatable bonds is 5. The van der Waals surface area contributed by atoms with Crippen molar-refractivity contribution >= 4 is 18.0 Å². The van der Waals surface area contributed by atoms with E-state index < -0.39 is 23.6 Å². The van der Waals surface area contributed by atoms with E-state index in [1.165, 1.54) is 7.11 Å². The van der Waals surface area contributed by atoms with Gasteiger partial charge in [-0.2, -0.15) is 0 Å². The summed E-state index contributed by atoms with van der Waals surface area (Å²) in [7, 11) is 1.28. The van der Waals surface area contributed by atoms with Crippen molar-refractivity contribution in [2.45, 2.75) is 45.3 Å². The van der Waals surface area contributed by atoms with Crippen molar-refractivity contribution < 1.29 is 23.9 Å². The molecular weight excluding hydrogens is 248 g/mol. The average Bonchev–Trinajstić information content (AvgIpc) is 2.39. The zero-order valence-electron chi connectivity index (χ0n) is 11.6. The van der Waals surface area contributed by atoms with Gasteiger partial charge < -0.3 is 14.3 Å². The van der Waals surface area contributed by atoms with Crippen molar-refractivity contribution in [1.82, 2.24) is 0 Å². The molecule has 0 aliphatic carbocycles. The van der Waals surface area contributed by atoms with Crippen molar-refractivity contribution in [3.63, 3.8) is 0 Å². The van der Waals surface area contributed by atoms with Crippen LogP contribution >= 0.6 is 0 Å². The van der Waals surface area contributed by atoms with Crippen LogP contribution in [0.3, 0.4) is 0 Å². The highest BCUT2D eigenvalue weighted by Gasteiger charge is 2.49. The highest BCUT2D eigenvalue weighted by molar-refractivity contribution is 6.02. The van der Waals surface area contributed by atoms with Crippen LogP contribution in [0.15, 0.2) is 12.2 Å². The lowest BCUT2D eigenvalue weighted by atomic mass is 9.70. The van der Waals surface area contributed by atoms with Gasteiger partial charge in [-0.25, -0.2) is 0 Å². The normalized spacial score (nSPS) is 31.1. The van der Waals surface area contributed by atoms with E-state index >= 15 is 0 Å². The first-order valence-electron chi connectivity index (χ1n) is 6.26. The fraction of sp³-hybridized carbons (Fsp3) is 0.643. The molecule has 1 heterocycles. The van der Waals surface area contributed by atoms with Gasteiger partial charge in [0, 0.05) is 12.0 Å². The molecule has 1 rings (SSSR count). The number of methoxy groups -OCH3 is 1. The Kier molecular flexibility index (Phi) is 5.00. The van der Waals surface area contributed by atoms with Gasteiger partial charge in [-0.1, -0.05) is 6.58 Å². The minimum absolute atomic E-state index is 0.0718. The third kappa shape index (κ3) is 3.10. The maximum Gasteiger partial charge on any atom is 0.306 e. The van der Waals surface area contributed by atoms with Crippen LogP contribution < -0.4 is 0 Å². The van der Waals surface area contributed by atoms with Gasteiger partial charge in [0.25, 0.3) is 0 Å². The second-order valence-corrected chi connectivity index (χ2v) is 5.04. The van der Waals surface area contributed by atoms with E-state index in [1.54, 1.807) is 13.8 Å². The van der Waals surface area contributed by atoms with E-state index in [9.17, 15) is 14.4 Å². The molecule has 0 amide bonds. The van der Waals surface area contributed by atoms with Gasteiger partial charge in [0.15, 0.2) is 5.78 Å². The highest BCUT2D eigenvalue weighted by atomic mass is 16.5. The molecule has 0 N–H and O–H groups in total. The van der Waals surface area contributed by atoms with Crippen LogP contribution in [-0.2, 0) is 23.9 Å². The van der Waals surface area contributed by atoms with Crippen LogP contribution in [0.4, 0.5) is 0 Å². The van der Waals surface area contributed by atoms with Crippen molar-refractivity contribution in [2.24, 2.45) is 5.41 Å². The SMILES string of the molecule is C=C1C(=O)[C@](C)(CC(=O)OC)[C@H](CCC=O)O[C@@H]1C. The molecule has 0 saturated carbocycles. The Balaban J connectivity index is 3.02. The number of Topliss-reactive ketones (excluding diaryl/α,β-unsaturated/α-hetero) is 1. The van der Waals surface area contributed by atoms with Crippen LogP contribution in [0.25, 0.3) is 0 Å². The molecular formula is C14H20O5. The Hall–Kier alpha value is -1.49.